The lowest BCUT2D eigenvalue weighted by atomic mass is 9.84. The topological polar surface area (TPSA) is 51.2 Å². The van der Waals surface area contributed by atoms with E-state index in [1.54, 1.807) is 7.11 Å². The van der Waals surface area contributed by atoms with Gasteiger partial charge in [0, 0.05) is 26.2 Å². The summed E-state index contributed by atoms with van der Waals surface area (Å²) in [5, 5.41) is 0. The van der Waals surface area contributed by atoms with E-state index in [0.717, 1.165) is 39.3 Å². The fraction of sp³-hybridized carbons (Fsp3) is 0.632. The van der Waals surface area contributed by atoms with Crippen LogP contribution in [0.5, 0.6) is 11.5 Å². The molecule has 1 aromatic rings. The molecule has 1 aromatic carbocycles. The summed E-state index contributed by atoms with van der Waals surface area (Å²) in [5.41, 5.74) is 0.127. The maximum Gasteiger partial charge on any atom is 0.260 e. The molecule has 138 valence electrons. The largest absolute Gasteiger partial charge is 0.493 e. The number of hydrogen-bond donors (Lipinski definition) is 0. The first kappa shape index (κ1) is 18.0. The van der Waals surface area contributed by atoms with Gasteiger partial charge in [-0.1, -0.05) is 12.1 Å². The average molecular weight is 348 g/mol. The molecule has 2 heterocycles. The van der Waals surface area contributed by atoms with Crippen molar-refractivity contribution in [2.45, 2.75) is 18.9 Å². The number of likely N-dealkylation sites (N-methyl/N-ethyl adjacent to an activating group) is 1. The molecule has 1 atom stereocenters. The van der Waals surface area contributed by atoms with Crippen molar-refractivity contribution in [1.82, 2.24) is 9.80 Å². The van der Waals surface area contributed by atoms with Crippen LogP contribution in [0.4, 0.5) is 0 Å². The molecule has 6 heteroatoms. The van der Waals surface area contributed by atoms with Crippen LogP contribution in [0.3, 0.4) is 0 Å². The van der Waals surface area contributed by atoms with Crippen molar-refractivity contribution in [2.75, 3.05) is 53.6 Å². The van der Waals surface area contributed by atoms with Gasteiger partial charge in [0.1, 0.15) is 0 Å². The first-order valence-corrected chi connectivity index (χ1v) is 8.90. The highest BCUT2D eigenvalue weighted by Crippen LogP contribution is 2.39. The number of methoxy groups -OCH3 is 1. The van der Waals surface area contributed by atoms with Gasteiger partial charge in [0.15, 0.2) is 18.1 Å². The predicted molar refractivity (Wildman–Crippen MR) is 95.0 cm³/mol. The third-order valence-corrected chi connectivity index (χ3v) is 5.31. The Hall–Kier alpha value is -1.79. The maximum atomic E-state index is 12.4. The van der Waals surface area contributed by atoms with Gasteiger partial charge in [-0.2, -0.15) is 0 Å². The zero-order chi connectivity index (χ0) is 17.9. The number of carbonyl (C=O) groups is 1. The molecule has 0 saturated carbocycles. The molecule has 1 amide bonds. The van der Waals surface area contributed by atoms with Crippen LogP contribution < -0.4 is 9.47 Å². The Bertz CT molecular complexity index is 601. The van der Waals surface area contributed by atoms with E-state index in [1.807, 2.05) is 36.1 Å². The minimum Gasteiger partial charge on any atom is -0.493 e. The fourth-order valence-electron chi connectivity index (χ4n) is 3.91. The highest BCUT2D eigenvalue weighted by molar-refractivity contribution is 5.79. The Labute approximate surface area is 149 Å². The zero-order valence-corrected chi connectivity index (χ0v) is 15.4. The van der Waals surface area contributed by atoms with Gasteiger partial charge in [-0.25, -0.2) is 0 Å². The molecule has 3 rings (SSSR count). The van der Waals surface area contributed by atoms with Crippen LogP contribution >= 0.6 is 0 Å². The van der Waals surface area contributed by atoms with E-state index < -0.39 is 0 Å². The third kappa shape index (κ3) is 3.75. The Balaban J connectivity index is 1.48. The Morgan fingerprint density at radius 2 is 2.00 bits per heavy atom. The number of hydrogen-bond acceptors (Lipinski definition) is 5. The minimum absolute atomic E-state index is 0.0261. The summed E-state index contributed by atoms with van der Waals surface area (Å²) in [5.74, 6) is 1.83. The average Bonchev–Trinajstić information content (AvgIpc) is 2.93. The molecule has 2 fully saturated rings. The molecular weight excluding hydrogens is 320 g/mol. The summed E-state index contributed by atoms with van der Waals surface area (Å²) in [6, 6.07) is 7.38. The number of ether oxygens (including phenoxy) is 3. The van der Waals surface area contributed by atoms with E-state index in [4.69, 9.17) is 14.2 Å². The molecular formula is C19H28N2O4. The van der Waals surface area contributed by atoms with Crippen molar-refractivity contribution in [2.24, 2.45) is 5.92 Å². The molecule has 2 aliphatic rings. The molecule has 2 saturated heterocycles. The van der Waals surface area contributed by atoms with Gasteiger partial charge in [-0.15, -0.1) is 0 Å². The van der Waals surface area contributed by atoms with E-state index in [0.29, 0.717) is 17.4 Å². The molecule has 0 bridgehead atoms. The normalized spacial score (nSPS) is 22.0. The smallest absolute Gasteiger partial charge is 0.260 e. The number of rotatable bonds is 7. The third-order valence-electron chi connectivity index (χ3n) is 5.31. The van der Waals surface area contributed by atoms with Crippen LogP contribution in [0.2, 0.25) is 0 Å². The first-order chi connectivity index (χ1) is 12.1. The lowest BCUT2D eigenvalue weighted by Crippen LogP contribution is -2.68. The second-order valence-corrected chi connectivity index (χ2v) is 7.02. The molecule has 0 aliphatic carbocycles. The van der Waals surface area contributed by atoms with Crippen LogP contribution in [0.15, 0.2) is 24.3 Å². The second-order valence-electron chi connectivity index (χ2n) is 7.02. The molecule has 2 aliphatic heterocycles. The fourth-order valence-corrected chi connectivity index (χ4v) is 3.91. The summed E-state index contributed by atoms with van der Waals surface area (Å²) in [6.07, 6.45) is 1.10. The lowest BCUT2D eigenvalue weighted by Gasteiger charge is -2.51. The molecule has 1 spiro atoms. The summed E-state index contributed by atoms with van der Waals surface area (Å²) < 4.78 is 16.5. The van der Waals surface area contributed by atoms with E-state index in [1.165, 1.54) is 0 Å². The summed E-state index contributed by atoms with van der Waals surface area (Å²) in [7, 11) is 3.75. The highest BCUT2D eigenvalue weighted by Gasteiger charge is 2.53. The zero-order valence-electron chi connectivity index (χ0n) is 15.4. The number of likely N-dealkylation sites (tertiary alicyclic amines) is 2. The van der Waals surface area contributed by atoms with Gasteiger partial charge in [-0.05, 0) is 38.4 Å². The molecule has 0 aromatic heterocycles. The van der Waals surface area contributed by atoms with Gasteiger partial charge in [-0.3, -0.25) is 9.69 Å². The van der Waals surface area contributed by atoms with Crippen molar-refractivity contribution in [3.8, 4) is 11.5 Å². The number of benzene rings is 1. The van der Waals surface area contributed by atoms with Crippen molar-refractivity contribution >= 4 is 5.91 Å². The van der Waals surface area contributed by atoms with Crippen LogP contribution in [0.25, 0.3) is 0 Å². The maximum absolute atomic E-state index is 12.4. The monoisotopic (exact) mass is 348 g/mol. The second kappa shape index (κ2) is 7.62. The van der Waals surface area contributed by atoms with Crippen molar-refractivity contribution in [3.63, 3.8) is 0 Å². The number of amides is 1. The van der Waals surface area contributed by atoms with Gasteiger partial charge in [0.2, 0.25) is 0 Å². The molecule has 1 unspecified atom stereocenters. The highest BCUT2D eigenvalue weighted by atomic mass is 16.5. The molecule has 0 radical (unpaired) electrons. The number of carbonyl (C=O) groups excluding carboxylic acids is 1. The summed E-state index contributed by atoms with van der Waals surface area (Å²) >= 11 is 0. The molecule has 0 N–H and O–H groups in total. The quantitative estimate of drug-likeness (QED) is 0.750. The van der Waals surface area contributed by atoms with E-state index in [2.05, 4.69) is 11.9 Å². The predicted octanol–water partition coefficient (Wildman–Crippen LogP) is 1.64. The Morgan fingerprint density at radius 1 is 1.28 bits per heavy atom. The van der Waals surface area contributed by atoms with E-state index in [9.17, 15) is 4.79 Å². The van der Waals surface area contributed by atoms with Crippen molar-refractivity contribution < 1.29 is 19.0 Å². The van der Waals surface area contributed by atoms with Crippen molar-refractivity contribution in [3.05, 3.63) is 24.3 Å². The van der Waals surface area contributed by atoms with Gasteiger partial charge in [0.05, 0.1) is 19.3 Å². The van der Waals surface area contributed by atoms with Crippen LogP contribution in [-0.4, -0.2) is 74.9 Å². The van der Waals surface area contributed by atoms with E-state index >= 15 is 0 Å². The summed E-state index contributed by atoms with van der Waals surface area (Å²) in [4.78, 5) is 16.7. The molecule has 25 heavy (non-hydrogen) atoms. The van der Waals surface area contributed by atoms with Crippen molar-refractivity contribution in [1.29, 1.82) is 0 Å². The summed E-state index contributed by atoms with van der Waals surface area (Å²) in [6.45, 7) is 6.24. The van der Waals surface area contributed by atoms with Gasteiger partial charge in [0.25, 0.3) is 5.91 Å². The SMILES string of the molecule is CCOCC1CN(C)C2(C1)CN(C(=O)COc1ccccc1OC)C2. The minimum atomic E-state index is 0.0261. The standard InChI is InChI=1S/C19H28N2O4/c1-4-24-11-15-9-19(20(2)10-15)13-21(14-19)18(22)12-25-17-8-6-5-7-16(17)23-3/h5-8,15H,4,9-14H2,1-3H3. The number of nitrogens with zero attached hydrogens (tertiary/aromatic N) is 2. The Morgan fingerprint density at radius 3 is 2.68 bits per heavy atom. The van der Waals surface area contributed by atoms with Crippen LogP contribution in [-0.2, 0) is 9.53 Å². The first-order valence-electron chi connectivity index (χ1n) is 8.90. The Kier molecular flexibility index (Phi) is 5.49. The van der Waals surface area contributed by atoms with Crippen LogP contribution in [0.1, 0.15) is 13.3 Å². The van der Waals surface area contributed by atoms with E-state index in [-0.39, 0.29) is 18.1 Å². The number of para-hydroxylation sites is 2. The lowest BCUT2D eigenvalue weighted by molar-refractivity contribution is -0.145. The molecule has 6 nitrogen and oxygen atoms in total. The van der Waals surface area contributed by atoms with Gasteiger partial charge >= 0.3 is 0 Å². The van der Waals surface area contributed by atoms with Gasteiger partial charge < -0.3 is 19.1 Å². The van der Waals surface area contributed by atoms with Crippen LogP contribution in [0, 0.1) is 5.92 Å².